The number of rotatable bonds is 1. The molecule has 0 bridgehead atoms. The normalized spacial score (nSPS) is 21.1. The summed E-state index contributed by atoms with van der Waals surface area (Å²) in [5, 5.41) is 1.20. The summed E-state index contributed by atoms with van der Waals surface area (Å²) >= 11 is 3.54. The number of thioether (sulfide) groups is 1. The number of nitrogens with two attached hydrogens (primary N) is 1. The van der Waals surface area contributed by atoms with Gasteiger partial charge in [-0.15, -0.1) is 0 Å². The number of hydrogen-bond acceptors (Lipinski definition) is 5. The fourth-order valence-electron chi connectivity index (χ4n) is 1.63. The molecule has 0 atom stereocenters. The van der Waals surface area contributed by atoms with Crippen LogP contribution < -0.4 is 10.6 Å². The van der Waals surface area contributed by atoms with Crippen molar-refractivity contribution < 1.29 is 0 Å². The van der Waals surface area contributed by atoms with Gasteiger partial charge in [0.1, 0.15) is 10.8 Å². The van der Waals surface area contributed by atoms with Gasteiger partial charge in [0.2, 0.25) is 0 Å². The fourth-order valence-corrected chi connectivity index (χ4v) is 3.44. The fraction of sp³-hybridized carbons (Fsp3) is 0.667. The van der Waals surface area contributed by atoms with E-state index in [1.165, 1.54) is 22.3 Å². The molecule has 0 aromatic carbocycles. The van der Waals surface area contributed by atoms with Crippen LogP contribution in [0.2, 0.25) is 0 Å². The lowest BCUT2D eigenvalue weighted by atomic mass is 10.2. The average Bonchev–Trinajstić information content (AvgIpc) is 2.50. The number of nitrogens with zero attached hydrogens (tertiary/aromatic N) is 2. The molecule has 0 radical (unpaired) electrons. The van der Waals surface area contributed by atoms with Gasteiger partial charge in [-0.05, 0) is 25.4 Å². The van der Waals surface area contributed by atoms with E-state index >= 15 is 0 Å². The van der Waals surface area contributed by atoms with E-state index in [1.54, 1.807) is 0 Å². The van der Waals surface area contributed by atoms with E-state index in [0.29, 0.717) is 10.6 Å². The molecule has 0 saturated carbocycles. The molecule has 2 rings (SSSR count). The van der Waals surface area contributed by atoms with Crippen molar-refractivity contribution in [2.45, 2.75) is 18.6 Å². The largest absolute Gasteiger partial charge is 0.383 e. The molecule has 1 fully saturated rings. The van der Waals surface area contributed by atoms with Crippen molar-refractivity contribution in [3.05, 3.63) is 6.07 Å². The van der Waals surface area contributed by atoms with Crippen LogP contribution in [0.1, 0.15) is 13.8 Å². The Morgan fingerprint density at radius 1 is 1.57 bits per heavy atom. The minimum atomic E-state index is 0.344. The van der Waals surface area contributed by atoms with Crippen LogP contribution in [0, 0.1) is 0 Å². The van der Waals surface area contributed by atoms with Gasteiger partial charge in [-0.1, -0.05) is 0 Å². The Labute approximate surface area is 92.8 Å². The van der Waals surface area contributed by atoms with Crippen molar-refractivity contribution in [1.29, 1.82) is 0 Å². The summed E-state index contributed by atoms with van der Waals surface area (Å²) in [6.07, 6.45) is 0. The van der Waals surface area contributed by atoms with Crippen LogP contribution in [0.3, 0.4) is 0 Å². The first-order valence-electron chi connectivity index (χ1n) is 4.68. The summed E-state index contributed by atoms with van der Waals surface area (Å²) in [5.41, 5.74) is 5.62. The van der Waals surface area contributed by atoms with E-state index in [-0.39, 0.29) is 0 Å². The highest BCUT2D eigenvalue weighted by Crippen LogP contribution is 2.34. The van der Waals surface area contributed by atoms with Gasteiger partial charge in [-0.25, -0.2) is 0 Å². The summed E-state index contributed by atoms with van der Waals surface area (Å²) in [5.74, 6) is 1.83. The molecule has 1 aliphatic heterocycles. The summed E-state index contributed by atoms with van der Waals surface area (Å²) in [6, 6.07) is 1.97. The lowest BCUT2D eigenvalue weighted by Crippen LogP contribution is -2.42. The molecule has 0 aliphatic carbocycles. The van der Waals surface area contributed by atoms with Gasteiger partial charge < -0.3 is 10.6 Å². The van der Waals surface area contributed by atoms with Gasteiger partial charge in [0, 0.05) is 29.7 Å². The van der Waals surface area contributed by atoms with E-state index in [0.717, 1.165) is 13.1 Å². The predicted molar refractivity (Wildman–Crippen MR) is 65.3 cm³/mol. The maximum Gasteiger partial charge on any atom is 0.139 e. The second kappa shape index (κ2) is 3.62. The Morgan fingerprint density at radius 2 is 2.36 bits per heavy atom. The molecular formula is C9H15N3S2. The van der Waals surface area contributed by atoms with Gasteiger partial charge in [-0.2, -0.15) is 16.1 Å². The van der Waals surface area contributed by atoms with Crippen LogP contribution >= 0.6 is 23.3 Å². The van der Waals surface area contributed by atoms with Crippen molar-refractivity contribution in [3.8, 4) is 0 Å². The van der Waals surface area contributed by atoms with E-state index in [9.17, 15) is 0 Å². The van der Waals surface area contributed by atoms with E-state index in [4.69, 9.17) is 5.73 Å². The van der Waals surface area contributed by atoms with Gasteiger partial charge in [0.25, 0.3) is 0 Å². The topological polar surface area (TPSA) is 42.1 Å². The molecule has 78 valence electrons. The molecular weight excluding hydrogens is 214 g/mol. The summed E-state index contributed by atoms with van der Waals surface area (Å²) in [6.45, 7) is 6.76. The minimum absolute atomic E-state index is 0.344. The highest BCUT2D eigenvalue weighted by Gasteiger charge is 2.27. The molecule has 0 spiro atoms. The van der Waals surface area contributed by atoms with Crippen LogP contribution in [0.4, 0.5) is 10.8 Å². The second-order valence-electron chi connectivity index (χ2n) is 4.12. The predicted octanol–water partition coefficient (Wildman–Crippen LogP) is 2.06. The van der Waals surface area contributed by atoms with E-state index in [2.05, 4.69) is 23.1 Å². The molecule has 1 aliphatic rings. The van der Waals surface area contributed by atoms with Crippen molar-refractivity contribution in [2.75, 3.05) is 29.5 Å². The van der Waals surface area contributed by atoms with E-state index in [1.807, 2.05) is 17.8 Å². The molecule has 2 N–H and O–H groups in total. The number of anilines is 2. The standard InChI is InChI=1S/C9H15N3S2/c1-9(2)6-12(3-4-13-9)8-5-7(10)11-14-8/h5H,3-4,6H2,1-2H3,(H2,10,11). The molecule has 0 unspecified atom stereocenters. The zero-order valence-corrected chi connectivity index (χ0v) is 10.1. The third-order valence-electron chi connectivity index (χ3n) is 2.25. The van der Waals surface area contributed by atoms with Crippen molar-refractivity contribution in [3.63, 3.8) is 0 Å². The highest BCUT2D eigenvalue weighted by molar-refractivity contribution is 8.00. The monoisotopic (exact) mass is 229 g/mol. The zero-order valence-electron chi connectivity index (χ0n) is 8.49. The van der Waals surface area contributed by atoms with Crippen molar-refractivity contribution >= 4 is 34.1 Å². The van der Waals surface area contributed by atoms with Crippen molar-refractivity contribution in [2.24, 2.45) is 0 Å². The molecule has 0 amide bonds. The molecule has 2 heterocycles. The quantitative estimate of drug-likeness (QED) is 0.800. The van der Waals surface area contributed by atoms with Crippen LogP contribution in [0.15, 0.2) is 6.07 Å². The maximum absolute atomic E-state index is 5.62. The van der Waals surface area contributed by atoms with E-state index < -0.39 is 0 Å². The Hall–Kier alpha value is -0.420. The molecule has 1 aromatic heterocycles. The van der Waals surface area contributed by atoms with Gasteiger partial charge >= 0.3 is 0 Å². The first-order valence-corrected chi connectivity index (χ1v) is 6.44. The molecule has 3 nitrogen and oxygen atoms in total. The summed E-state index contributed by atoms with van der Waals surface area (Å²) in [7, 11) is 0. The first-order chi connectivity index (χ1) is 6.57. The van der Waals surface area contributed by atoms with Crippen LogP contribution in [-0.2, 0) is 0 Å². The van der Waals surface area contributed by atoms with Gasteiger partial charge in [0.15, 0.2) is 0 Å². The van der Waals surface area contributed by atoms with Gasteiger partial charge in [-0.3, -0.25) is 0 Å². The SMILES string of the molecule is CC1(C)CN(c2cc(N)ns2)CCS1. The number of hydrogen-bond donors (Lipinski definition) is 1. The zero-order chi connectivity index (χ0) is 10.2. The Bertz CT molecular complexity index is 322. The smallest absolute Gasteiger partial charge is 0.139 e. The van der Waals surface area contributed by atoms with Crippen LogP contribution in [0.5, 0.6) is 0 Å². The third kappa shape index (κ3) is 2.15. The van der Waals surface area contributed by atoms with Crippen molar-refractivity contribution in [1.82, 2.24) is 4.37 Å². The number of aromatic nitrogens is 1. The lowest BCUT2D eigenvalue weighted by Gasteiger charge is -2.37. The first kappa shape index (κ1) is 10.1. The van der Waals surface area contributed by atoms with Gasteiger partial charge in [0.05, 0.1) is 0 Å². The maximum atomic E-state index is 5.62. The molecule has 1 aromatic rings. The third-order valence-corrected chi connectivity index (χ3v) is 4.42. The molecule has 5 heteroatoms. The van der Waals surface area contributed by atoms with Crippen LogP contribution in [-0.4, -0.2) is 28.0 Å². The Balaban J connectivity index is 2.12. The number of nitrogen functional groups attached to an aromatic ring is 1. The summed E-state index contributed by atoms with van der Waals surface area (Å²) in [4.78, 5) is 2.38. The summed E-state index contributed by atoms with van der Waals surface area (Å²) < 4.78 is 4.45. The molecule has 1 saturated heterocycles. The Kier molecular flexibility index (Phi) is 2.62. The lowest BCUT2D eigenvalue weighted by molar-refractivity contribution is 0.651. The van der Waals surface area contributed by atoms with Crippen LogP contribution in [0.25, 0.3) is 0 Å². The average molecular weight is 229 g/mol. The second-order valence-corrected chi connectivity index (χ2v) is 6.71. The minimum Gasteiger partial charge on any atom is -0.383 e. The Morgan fingerprint density at radius 3 is 2.93 bits per heavy atom. The highest BCUT2D eigenvalue weighted by atomic mass is 32.2. The molecule has 14 heavy (non-hydrogen) atoms.